The second-order valence-corrected chi connectivity index (χ2v) is 5.92. The van der Waals surface area contributed by atoms with E-state index in [-0.39, 0.29) is 5.91 Å². The van der Waals surface area contributed by atoms with Gasteiger partial charge in [0.05, 0.1) is 11.1 Å². The van der Waals surface area contributed by atoms with E-state index in [0.29, 0.717) is 5.56 Å². The summed E-state index contributed by atoms with van der Waals surface area (Å²) in [5.74, 6) is -0.107. The van der Waals surface area contributed by atoms with Gasteiger partial charge in [0, 0.05) is 21.7 Å². The zero-order chi connectivity index (χ0) is 15.0. The van der Waals surface area contributed by atoms with Gasteiger partial charge in [-0.15, -0.1) is 0 Å². The summed E-state index contributed by atoms with van der Waals surface area (Å²) in [5.41, 5.74) is 4.52. The number of H-pyrrole nitrogens is 1. The zero-order valence-electron chi connectivity index (χ0n) is 11.8. The van der Waals surface area contributed by atoms with Crippen molar-refractivity contribution in [1.29, 1.82) is 0 Å². The van der Waals surface area contributed by atoms with Gasteiger partial charge < -0.3 is 10.3 Å². The molecule has 0 bridgehead atoms. The molecule has 106 valence electrons. The maximum atomic E-state index is 12.5. The minimum Gasteiger partial charge on any atom is -0.361 e. The van der Waals surface area contributed by atoms with Gasteiger partial charge in [-0.1, -0.05) is 28.1 Å². The van der Waals surface area contributed by atoms with Crippen molar-refractivity contribution in [3.63, 3.8) is 0 Å². The van der Waals surface area contributed by atoms with Crippen LogP contribution in [0.15, 0.2) is 47.1 Å². The van der Waals surface area contributed by atoms with E-state index in [0.717, 1.165) is 32.2 Å². The van der Waals surface area contributed by atoms with E-state index in [9.17, 15) is 4.79 Å². The van der Waals surface area contributed by atoms with Gasteiger partial charge in [0.2, 0.25) is 0 Å². The molecule has 1 heterocycles. The van der Waals surface area contributed by atoms with Crippen LogP contribution < -0.4 is 5.32 Å². The molecule has 0 atom stereocenters. The van der Waals surface area contributed by atoms with Gasteiger partial charge in [-0.25, -0.2) is 0 Å². The molecule has 3 aromatic rings. The van der Waals surface area contributed by atoms with Crippen molar-refractivity contribution in [2.45, 2.75) is 13.8 Å². The third kappa shape index (κ3) is 2.59. The Morgan fingerprint density at radius 2 is 1.86 bits per heavy atom. The van der Waals surface area contributed by atoms with Gasteiger partial charge in [0.1, 0.15) is 0 Å². The number of nitrogens with one attached hydrogen (secondary N) is 2. The van der Waals surface area contributed by atoms with Crippen LogP contribution in [0.4, 0.5) is 5.69 Å². The molecule has 0 spiro atoms. The van der Waals surface area contributed by atoms with E-state index in [1.165, 1.54) is 0 Å². The summed E-state index contributed by atoms with van der Waals surface area (Å²) in [7, 11) is 0. The number of para-hydroxylation sites is 1. The van der Waals surface area contributed by atoms with Crippen LogP contribution in [0.1, 0.15) is 21.5 Å². The van der Waals surface area contributed by atoms with Crippen molar-refractivity contribution < 1.29 is 4.79 Å². The van der Waals surface area contributed by atoms with E-state index in [2.05, 4.69) is 26.2 Å². The minimum absolute atomic E-state index is 0.107. The number of hydrogen-bond donors (Lipinski definition) is 2. The SMILES string of the molecule is Cc1cc(NC(=O)c2cccc3cc[nH]c23)cc(C)c1Br. The quantitative estimate of drug-likeness (QED) is 0.690. The summed E-state index contributed by atoms with van der Waals surface area (Å²) in [6.45, 7) is 4.02. The highest BCUT2D eigenvalue weighted by Gasteiger charge is 2.12. The van der Waals surface area contributed by atoms with Crippen LogP contribution in [0, 0.1) is 13.8 Å². The molecule has 0 saturated heterocycles. The lowest BCUT2D eigenvalue weighted by Gasteiger charge is -2.10. The molecular weight excluding hydrogens is 328 g/mol. The third-order valence-corrected chi connectivity index (χ3v) is 4.78. The van der Waals surface area contributed by atoms with E-state index in [1.54, 1.807) is 0 Å². The number of rotatable bonds is 2. The van der Waals surface area contributed by atoms with Crippen molar-refractivity contribution in [1.82, 2.24) is 4.98 Å². The van der Waals surface area contributed by atoms with E-state index < -0.39 is 0 Å². The number of amides is 1. The molecule has 0 unspecified atom stereocenters. The largest absolute Gasteiger partial charge is 0.361 e. The van der Waals surface area contributed by atoms with Crippen LogP contribution in [-0.2, 0) is 0 Å². The first kappa shape index (κ1) is 13.9. The molecule has 0 fully saturated rings. The highest BCUT2D eigenvalue weighted by molar-refractivity contribution is 9.10. The predicted octanol–water partition coefficient (Wildman–Crippen LogP) is 4.80. The molecule has 4 heteroatoms. The summed E-state index contributed by atoms with van der Waals surface area (Å²) in [6.07, 6.45) is 1.84. The van der Waals surface area contributed by atoms with Crippen molar-refractivity contribution in [3.05, 3.63) is 63.8 Å². The molecule has 0 aliphatic carbocycles. The lowest BCUT2D eigenvalue weighted by atomic mass is 10.1. The lowest BCUT2D eigenvalue weighted by Crippen LogP contribution is -2.12. The second-order valence-electron chi connectivity index (χ2n) is 5.13. The smallest absolute Gasteiger partial charge is 0.257 e. The fourth-order valence-corrected chi connectivity index (χ4v) is 2.72. The average Bonchev–Trinajstić information content (AvgIpc) is 2.92. The van der Waals surface area contributed by atoms with Crippen molar-refractivity contribution in [2.24, 2.45) is 0 Å². The molecule has 1 aromatic heterocycles. The fraction of sp³-hybridized carbons (Fsp3) is 0.118. The Labute approximate surface area is 131 Å². The van der Waals surface area contributed by atoms with Gasteiger partial charge >= 0.3 is 0 Å². The summed E-state index contributed by atoms with van der Waals surface area (Å²) in [4.78, 5) is 15.6. The van der Waals surface area contributed by atoms with Gasteiger partial charge in [0.15, 0.2) is 0 Å². The predicted molar refractivity (Wildman–Crippen MR) is 89.9 cm³/mol. The van der Waals surface area contributed by atoms with Gasteiger partial charge in [-0.3, -0.25) is 4.79 Å². The standard InChI is InChI=1S/C17H15BrN2O/c1-10-8-13(9-11(2)15(10)18)20-17(21)14-5-3-4-12-6-7-19-16(12)14/h3-9,19H,1-2H3,(H,20,21). The number of fused-ring (bicyclic) bond motifs is 1. The molecule has 21 heavy (non-hydrogen) atoms. The summed E-state index contributed by atoms with van der Waals surface area (Å²) in [5, 5.41) is 4.00. The number of halogens is 1. The Kier molecular flexibility index (Phi) is 3.55. The molecule has 2 aromatic carbocycles. The molecule has 3 rings (SSSR count). The van der Waals surface area contributed by atoms with Gasteiger partial charge in [-0.05, 0) is 49.2 Å². The number of aryl methyl sites for hydroxylation is 2. The number of carbonyl (C=O) groups excluding carboxylic acids is 1. The van der Waals surface area contributed by atoms with E-state index >= 15 is 0 Å². The number of aromatic nitrogens is 1. The average molecular weight is 343 g/mol. The van der Waals surface area contributed by atoms with Crippen molar-refractivity contribution >= 4 is 38.4 Å². The van der Waals surface area contributed by atoms with Crippen LogP contribution in [0.5, 0.6) is 0 Å². The summed E-state index contributed by atoms with van der Waals surface area (Å²) >= 11 is 3.53. The lowest BCUT2D eigenvalue weighted by molar-refractivity contribution is 0.102. The first-order valence-corrected chi connectivity index (χ1v) is 7.50. The highest BCUT2D eigenvalue weighted by Crippen LogP contribution is 2.26. The number of aromatic amines is 1. The molecule has 0 saturated carbocycles. The summed E-state index contributed by atoms with van der Waals surface area (Å²) < 4.78 is 1.08. The Balaban J connectivity index is 1.95. The van der Waals surface area contributed by atoms with Gasteiger partial charge in [-0.2, -0.15) is 0 Å². The Hall–Kier alpha value is -2.07. The second kappa shape index (κ2) is 5.37. The van der Waals surface area contributed by atoms with E-state index in [1.807, 2.05) is 56.4 Å². The maximum Gasteiger partial charge on any atom is 0.257 e. The Morgan fingerprint density at radius 1 is 1.14 bits per heavy atom. The van der Waals surface area contributed by atoms with Crippen LogP contribution >= 0.6 is 15.9 Å². The number of anilines is 1. The van der Waals surface area contributed by atoms with E-state index in [4.69, 9.17) is 0 Å². The number of hydrogen-bond acceptors (Lipinski definition) is 1. The van der Waals surface area contributed by atoms with Crippen molar-refractivity contribution in [3.8, 4) is 0 Å². The molecule has 2 N–H and O–H groups in total. The highest BCUT2D eigenvalue weighted by atomic mass is 79.9. The normalized spacial score (nSPS) is 10.8. The third-order valence-electron chi connectivity index (χ3n) is 3.53. The molecule has 0 aliphatic rings. The first-order chi connectivity index (χ1) is 10.1. The van der Waals surface area contributed by atoms with Gasteiger partial charge in [0.25, 0.3) is 5.91 Å². The minimum atomic E-state index is -0.107. The number of carbonyl (C=O) groups is 1. The molecule has 0 radical (unpaired) electrons. The molecular formula is C17H15BrN2O. The monoisotopic (exact) mass is 342 g/mol. The number of benzene rings is 2. The van der Waals surface area contributed by atoms with Crippen molar-refractivity contribution in [2.75, 3.05) is 5.32 Å². The summed E-state index contributed by atoms with van der Waals surface area (Å²) in [6, 6.07) is 11.6. The Bertz CT molecular complexity index is 813. The zero-order valence-corrected chi connectivity index (χ0v) is 13.4. The molecule has 3 nitrogen and oxygen atoms in total. The first-order valence-electron chi connectivity index (χ1n) is 6.70. The molecule has 0 aliphatic heterocycles. The van der Waals surface area contributed by atoms with Crippen LogP contribution in [0.25, 0.3) is 10.9 Å². The fourth-order valence-electron chi connectivity index (χ4n) is 2.49. The maximum absolute atomic E-state index is 12.5. The van der Waals surface area contributed by atoms with Crippen LogP contribution in [-0.4, -0.2) is 10.9 Å². The Morgan fingerprint density at radius 3 is 2.57 bits per heavy atom. The molecule has 1 amide bonds. The van der Waals surface area contributed by atoms with Crippen LogP contribution in [0.2, 0.25) is 0 Å². The van der Waals surface area contributed by atoms with Crippen LogP contribution in [0.3, 0.4) is 0 Å². The topological polar surface area (TPSA) is 44.9 Å².